The van der Waals surface area contributed by atoms with E-state index in [-0.39, 0.29) is 5.69 Å². The summed E-state index contributed by atoms with van der Waals surface area (Å²) in [5, 5.41) is 0. The summed E-state index contributed by atoms with van der Waals surface area (Å²) in [5.74, 6) is 0.773. The Balaban J connectivity index is 1.70. The summed E-state index contributed by atoms with van der Waals surface area (Å²) >= 11 is 0. The first-order valence-electron chi connectivity index (χ1n) is 6.59. The Hall–Kier alpha value is -2.49. The quantitative estimate of drug-likeness (QED) is 0.790. The second kappa shape index (κ2) is 5.25. The minimum atomic E-state index is -0.110. The van der Waals surface area contributed by atoms with Gasteiger partial charge in [0.15, 0.2) is 0 Å². The second-order valence-electron chi connectivity index (χ2n) is 4.75. The van der Waals surface area contributed by atoms with E-state index in [4.69, 9.17) is 4.74 Å². The zero-order valence-corrected chi connectivity index (χ0v) is 11.3. The van der Waals surface area contributed by atoms with E-state index >= 15 is 0 Å². The van der Waals surface area contributed by atoms with Crippen LogP contribution in [0.25, 0.3) is 11.0 Å². The maximum atomic E-state index is 11.5. The Morgan fingerprint density at radius 3 is 2.75 bits per heavy atom. The van der Waals surface area contributed by atoms with Crippen LogP contribution in [0, 0.1) is 0 Å². The van der Waals surface area contributed by atoms with Crippen LogP contribution in [0.2, 0.25) is 0 Å². The van der Waals surface area contributed by atoms with Crippen molar-refractivity contribution in [2.45, 2.75) is 6.42 Å². The molecular formula is C16H16N2O2. The third kappa shape index (κ3) is 2.45. The highest BCUT2D eigenvalue weighted by Crippen LogP contribution is 2.18. The number of nitrogens with zero attached hydrogens (tertiary/aromatic N) is 1. The number of H-pyrrole nitrogens is 1. The number of fused-ring (bicyclic) bond motifs is 1. The number of hydrogen-bond acceptors (Lipinski definition) is 2. The van der Waals surface area contributed by atoms with Gasteiger partial charge in [0.05, 0.1) is 17.6 Å². The number of hydrogen-bond donors (Lipinski definition) is 1. The standard InChI is InChI=1S/C16H16N2O2/c1-18-15-8-7-13(11-14(15)17-16(18)19)20-10-9-12-5-3-2-4-6-12/h2-8,11H,9-10H2,1H3,(H,17,19). The predicted octanol–water partition coefficient (Wildman–Crippen LogP) is 2.49. The summed E-state index contributed by atoms with van der Waals surface area (Å²) in [6.07, 6.45) is 0.865. The van der Waals surface area contributed by atoms with Crippen molar-refractivity contribution in [1.82, 2.24) is 9.55 Å². The summed E-state index contributed by atoms with van der Waals surface area (Å²) in [6.45, 7) is 0.618. The largest absolute Gasteiger partial charge is 0.493 e. The molecule has 0 amide bonds. The molecule has 3 rings (SSSR count). The van der Waals surface area contributed by atoms with E-state index in [2.05, 4.69) is 17.1 Å². The molecule has 0 atom stereocenters. The summed E-state index contributed by atoms with van der Waals surface area (Å²) in [6, 6.07) is 15.9. The molecule has 0 radical (unpaired) electrons. The van der Waals surface area contributed by atoms with Crippen molar-refractivity contribution in [2.75, 3.05) is 6.61 Å². The maximum Gasteiger partial charge on any atom is 0.326 e. The summed E-state index contributed by atoms with van der Waals surface area (Å²) in [7, 11) is 1.75. The molecule has 0 saturated carbocycles. The smallest absolute Gasteiger partial charge is 0.326 e. The van der Waals surface area contributed by atoms with Crippen LogP contribution in [0.5, 0.6) is 5.75 Å². The number of benzene rings is 2. The van der Waals surface area contributed by atoms with Crippen molar-refractivity contribution in [3.63, 3.8) is 0 Å². The van der Waals surface area contributed by atoms with Crippen molar-refractivity contribution in [1.29, 1.82) is 0 Å². The van der Waals surface area contributed by atoms with Gasteiger partial charge in [-0.15, -0.1) is 0 Å². The van der Waals surface area contributed by atoms with Gasteiger partial charge in [-0.1, -0.05) is 30.3 Å². The maximum absolute atomic E-state index is 11.5. The molecule has 0 saturated heterocycles. The van der Waals surface area contributed by atoms with Crippen molar-refractivity contribution in [3.8, 4) is 5.75 Å². The van der Waals surface area contributed by atoms with Gasteiger partial charge in [0.1, 0.15) is 5.75 Å². The van der Waals surface area contributed by atoms with Gasteiger partial charge in [-0.25, -0.2) is 4.79 Å². The van der Waals surface area contributed by atoms with Crippen molar-refractivity contribution < 1.29 is 4.74 Å². The van der Waals surface area contributed by atoms with Crippen molar-refractivity contribution >= 4 is 11.0 Å². The molecule has 102 valence electrons. The molecule has 0 spiro atoms. The lowest BCUT2D eigenvalue weighted by molar-refractivity contribution is 0.322. The molecule has 0 aliphatic heterocycles. The molecule has 4 nitrogen and oxygen atoms in total. The van der Waals surface area contributed by atoms with Gasteiger partial charge < -0.3 is 9.72 Å². The highest BCUT2D eigenvalue weighted by atomic mass is 16.5. The molecule has 0 fully saturated rings. The molecule has 3 aromatic rings. The van der Waals surface area contributed by atoms with Crippen molar-refractivity contribution in [3.05, 3.63) is 64.6 Å². The molecule has 2 aromatic carbocycles. The lowest BCUT2D eigenvalue weighted by atomic mass is 10.2. The van der Waals surface area contributed by atoms with E-state index in [0.29, 0.717) is 6.61 Å². The van der Waals surface area contributed by atoms with Crippen molar-refractivity contribution in [2.24, 2.45) is 7.05 Å². The molecule has 1 heterocycles. The van der Waals surface area contributed by atoms with Crippen LogP contribution >= 0.6 is 0 Å². The average Bonchev–Trinajstić information content (AvgIpc) is 2.75. The van der Waals surface area contributed by atoms with E-state index in [1.807, 2.05) is 36.4 Å². The highest BCUT2D eigenvalue weighted by Gasteiger charge is 2.04. The first kappa shape index (κ1) is 12.5. The highest BCUT2D eigenvalue weighted by molar-refractivity contribution is 5.76. The number of aryl methyl sites for hydroxylation is 1. The fraction of sp³-hybridized carbons (Fsp3) is 0.188. The minimum absolute atomic E-state index is 0.110. The Bertz CT molecular complexity index is 772. The predicted molar refractivity (Wildman–Crippen MR) is 79.2 cm³/mol. The molecule has 20 heavy (non-hydrogen) atoms. The van der Waals surface area contributed by atoms with Crippen LogP contribution in [0.4, 0.5) is 0 Å². The number of ether oxygens (including phenoxy) is 1. The number of rotatable bonds is 4. The van der Waals surface area contributed by atoms with Crippen LogP contribution in [-0.2, 0) is 13.5 Å². The van der Waals surface area contributed by atoms with E-state index < -0.39 is 0 Å². The molecule has 0 aliphatic carbocycles. The fourth-order valence-corrected chi connectivity index (χ4v) is 2.24. The number of aromatic amines is 1. The Kier molecular flexibility index (Phi) is 3.29. The van der Waals surface area contributed by atoms with Crippen LogP contribution in [0.15, 0.2) is 53.3 Å². The van der Waals surface area contributed by atoms with E-state index in [9.17, 15) is 4.79 Å². The number of imidazole rings is 1. The minimum Gasteiger partial charge on any atom is -0.493 e. The van der Waals surface area contributed by atoms with Gasteiger partial charge in [-0.2, -0.15) is 0 Å². The van der Waals surface area contributed by atoms with Gasteiger partial charge >= 0.3 is 5.69 Å². The third-order valence-electron chi connectivity index (χ3n) is 3.38. The molecule has 0 bridgehead atoms. The normalized spacial score (nSPS) is 10.8. The third-order valence-corrected chi connectivity index (χ3v) is 3.38. The first-order chi connectivity index (χ1) is 9.74. The summed E-state index contributed by atoms with van der Waals surface area (Å²) in [5.41, 5.74) is 2.82. The Morgan fingerprint density at radius 2 is 1.95 bits per heavy atom. The van der Waals surface area contributed by atoms with Gasteiger partial charge in [-0.3, -0.25) is 4.57 Å². The lowest BCUT2D eigenvalue weighted by Gasteiger charge is -2.06. The number of nitrogens with one attached hydrogen (secondary N) is 1. The Labute approximate surface area is 116 Å². The molecule has 1 aromatic heterocycles. The Morgan fingerprint density at radius 1 is 1.15 bits per heavy atom. The van der Waals surface area contributed by atoms with E-state index in [1.165, 1.54) is 5.56 Å². The fourth-order valence-electron chi connectivity index (χ4n) is 2.24. The van der Waals surface area contributed by atoms with Gasteiger partial charge in [-0.05, 0) is 17.7 Å². The van der Waals surface area contributed by atoms with E-state index in [1.54, 1.807) is 11.6 Å². The van der Waals surface area contributed by atoms with Crippen LogP contribution in [0.3, 0.4) is 0 Å². The van der Waals surface area contributed by atoms with Gasteiger partial charge in [0, 0.05) is 19.5 Å². The number of aromatic nitrogens is 2. The average molecular weight is 268 g/mol. The molecule has 0 unspecified atom stereocenters. The van der Waals surface area contributed by atoms with Crippen LogP contribution in [-0.4, -0.2) is 16.2 Å². The summed E-state index contributed by atoms with van der Waals surface area (Å²) in [4.78, 5) is 14.3. The molecule has 0 aliphatic rings. The zero-order chi connectivity index (χ0) is 13.9. The first-order valence-corrected chi connectivity index (χ1v) is 6.59. The lowest BCUT2D eigenvalue weighted by Crippen LogP contribution is -2.11. The molecule has 1 N–H and O–H groups in total. The molecular weight excluding hydrogens is 252 g/mol. The second-order valence-corrected chi connectivity index (χ2v) is 4.75. The summed E-state index contributed by atoms with van der Waals surface area (Å²) < 4.78 is 7.32. The topological polar surface area (TPSA) is 47.0 Å². The van der Waals surface area contributed by atoms with E-state index in [0.717, 1.165) is 23.2 Å². The van der Waals surface area contributed by atoms with Crippen LogP contribution < -0.4 is 10.4 Å². The molecule has 4 heteroatoms. The SMILES string of the molecule is Cn1c(=O)[nH]c2cc(OCCc3ccccc3)ccc21. The van der Waals surface area contributed by atoms with Gasteiger partial charge in [0.25, 0.3) is 0 Å². The van der Waals surface area contributed by atoms with Crippen LogP contribution in [0.1, 0.15) is 5.56 Å². The zero-order valence-electron chi connectivity index (χ0n) is 11.3. The van der Waals surface area contributed by atoms with Gasteiger partial charge in [0.2, 0.25) is 0 Å². The monoisotopic (exact) mass is 268 g/mol.